The zero-order valence-electron chi connectivity index (χ0n) is 12.0. The van der Waals surface area contributed by atoms with Crippen LogP contribution in [0.4, 0.5) is 0 Å². The van der Waals surface area contributed by atoms with Crippen LogP contribution in [0, 0.1) is 20.8 Å². The molecule has 102 valence electrons. The van der Waals surface area contributed by atoms with Crippen LogP contribution in [0.25, 0.3) is 11.3 Å². The third-order valence-electron chi connectivity index (χ3n) is 3.65. The molecule has 0 aliphatic heterocycles. The minimum atomic E-state index is 0.0121. The van der Waals surface area contributed by atoms with Gasteiger partial charge in [0.25, 0.3) is 5.56 Å². The van der Waals surface area contributed by atoms with E-state index in [1.807, 2.05) is 0 Å². The van der Waals surface area contributed by atoms with E-state index in [1.165, 1.54) is 21.4 Å². The maximum Gasteiger partial charge on any atom is 0.270 e. The van der Waals surface area contributed by atoms with Crippen molar-refractivity contribution < 1.29 is 0 Å². The quantitative estimate of drug-likeness (QED) is 0.883. The summed E-state index contributed by atoms with van der Waals surface area (Å²) in [4.78, 5) is 12.1. The Kier molecular flexibility index (Phi) is 3.62. The Hall–Kier alpha value is -1.81. The first kappa shape index (κ1) is 13.6. The highest BCUT2D eigenvalue weighted by atomic mass is 16.1. The molecule has 1 aromatic carbocycles. The summed E-state index contributed by atoms with van der Waals surface area (Å²) in [5, 5.41) is 3.15. The number of nitrogens with zero attached hydrogens (tertiary/aromatic N) is 1. The van der Waals surface area contributed by atoms with Crippen molar-refractivity contribution in [3.63, 3.8) is 0 Å². The molecule has 0 amide bonds. The van der Waals surface area contributed by atoms with Crippen LogP contribution >= 0.6 is 0 Å². The SMILES string of the molecule is Cc1cc(C)c(-c2[nH]n(C)c(=O)c2CCN)cc1C. The molecular weight excluding hydrogens is 238 g/mol. The maximum atomic E-state index is 12.1. The molecule has 4 nitrogen and oxygen atoms in total. The molecule has 0 bridgehead atoms. The van der Waals surface area contributed by atoms with Crippen molar-refractivity contribution in [3.8, 4) is 11.3 Å². The van der Waals surface area contributed by atoms with Gasteiger partial charge in [-0.2, -0.15) is 0 Å². The number of rotatable bonds is 3. The van der Waals surface area contributed by atoms with Gasteiger partial charge in [-0.05, 0) is 56.5 Å². The van der Waals surface area contributed by atoms with Crippen molar-refractivity contribution >= 4 is 0 Å². The van der Waals surface area contributed by atoms with Crippen molar-refractivity contribution in [3.05, 3.63) is 44.7 Å². The highest BCUT2D eigenvalue weighted by molar-refractivity contribution is 5.68. The lowest BCUT2D eigenvalue weighted by molar-refractivity contribution is 0.739. The van der Waals surface area contributed by atoms with Crippen molar-refractivity contribution in [2.24, 2.45) is 12.8 Å². The average molecular weight is 259 g/mol. The Balaban J connectivity index is 2.68. The molecule has 2 aromatic rings. The van der Waals surface area contributed by atoms with Crippen molar-refractivity contribution in [1.82, 2.24) is 9.78 Å². The van der Waals surface area contributed by atoms with Gasteiger partial charge in [0, 0.05) is 18.2 Å². The largest absolute Gasteiger partial charge is 0.330 e. The molecule has 19 heavy (non-hydrogen) atoms. The van der Waals surface area contributed by atoms with E-state index in [0.717, 1.165) is 16.8 Å². The highest BCUT2D eigenvalue weighted by Gasteiger charge is 2.15. The van der Waals surface area contributed by atoms with E-state index in [2.05, 4.69) is 38.0 Å². The van der Waals surface area contributed by atoms with Crippen LogP contribution < -0.4 is 11.3 Å². The molecule has 0 aliphatic carbocycles. The summed E-state index contributed by atoms with van der Waals surface area (Å²) >= 11 is 0. The average Bonchev–Trinajstić information content (AvgIpc) is 2.62. The Bertz CT molecular complexity index is 665. The van der Waals surface area contributed by atoms with E-state index < -0.39 is 0 Å². The van der Waals surface area contributed by atoms with Gasteiger partial charge in [0.05, 0.1) is 5.69 Å². The van der Waals surface area contributed by atoms with Crippen molar-refractivity contribution in [2.75, 3.05) is 6.54 Å². The zero-order valence-corrected chi connectivity index (χ0v) is 12.0. The maximum absolute atomic E-state index is 12.1. The van der Waals surface area contributed by atoms with E-state index in [-0.39, 0.29) is 5.56 Å². The van der Waals surface area contributed by atoms with Crippen LogP contribution in [0.15, 0.2) is 16.9 Å². The summed E-state index contributed by atoms with van der Waals surface area (Å²) in [5.41, 5.74) is 12.1. The number of nitrogens with two attached hydrogens (primary N) is 1. The van der Waals surface area contributed by atoms with Crippen LogP contribution in [0.1, 0.15) is 22.3 Å². The van der Waals surface area contributed by atoms with Gasteiger partial charge in [-0.1, -0.05) is 6.07 Å². The number of H-pyrrole nitrogens is 1. The third-order valence-corrected chi connectivity index (χ3v) is 3.65. The van der Waals surface area contributed by atoms with Crippen LogP contribution in [-0.2, 0) is 13.5 Å². The monoisotopic (exact) mass is 259 g/mol. The summed E-state index contributed by atoms with van der Waals surface area (Å²) in [7, 11) is 1.74. The minimum Gasteiger partial charge on any atom is -0.330 e. The van der Waals surface area contributed by atoms with Gasteiger partial charge in [-0.15, -0.1) is 0 Å². The molecule has 0 aliphatic rings. The number of nitrogens with one attached hydrogen (secondary N) is 1. The van der Waals surface area contributed by atoms with Gasteiger partial charge in [0.2, 0.25) is 0 Å². The number of benzene rings is 1. The Morgan fingerprint density at radius 2 is 1.79 bits per heavy atom. The normalized spacial score (nSPS) is 11.0. The van der Waals surface area contributed by atoms with E-state index >= 15 is 0 Å². The Morgan fingerprint density at radius 3 is 2.42 bits per heavy atom. The molecule has 1 aromatic heterocycles. The molecule has 2 rings (SSSR count). The number of hydrogen-bond donors (Lipinski definition) is 2. The first-order valence-corrected chi connectivity index (χ1v) is 6.52. The van der Waals surface area contributed by atoms with Crippen molar-refractivity contribution in [1.29, 1.82) is 0 Å². The number of aryl methyl sites for hydroxylation is 4. The fraction of sp³-hybridized carbons (Fsp3) is 0.400. The topological polar surface area (TPSA) is 63.8 Å². The third kappa shape index (κ3) is 2.36. The molecular formula is C15H21N3O. The van der Waals surface area contributed by atoms with E-state index in [0.29, 0.717) is 13.0 Å². The van der Waals surface area contributed by atoms with Gasteiger partial charge in [0.15, 0.2) is 0 Å². The Morgan fingerprint density at radius 1 is 1.16 bits per heavy atom. The lowest BCUT2D eigenvalue weighted by Crippen LogP contribution is -2.17. The first-order chi connectivity index (χ1) is 8.95. The molecule has 0 fully saturated rings. The first-order valence-electron chi connectivity index (χ1n) is 6.52. The van der Waals surface area contributed by atoms with E-state index in [9.17, 15) is 4.79 Å². The molecule has 3 N–H and O–H groups in total. The van der Waals surface area contributed by atoms with E-state index in [4.69, 9.17) is 5.73 Å². The predicted molar refractivity (Wildman–Crippen MR) is 78.4 cm³/mol. The van der Waals surface area contributed by atoms with Gasteiger partial charge in [0.1, 0.15) is 0 Å². The molecule has 0 radical (unpaired) electrons. The summed E-state index contributed by atoms with van der Waals surface area (Å²) in [6, 6.07) is 4.29. The van der Waals surface area contributed by atoms with E-state index in [1.54, 1.807) is 7.05 Å². The molecule has 1 heterocycles. The second-order valence-electron chi connectivity index (χ2n) is 5.12. The summed E-state index contributed by atoms with van der Waals surface area (Å²) in [6.07, 6.45) is 0.595. The second-order valence-corrected chi connectivity index (χ2v) is 5.12. The molecule has 4 heteroatoms. The summed E-state index contributed by atoms with van der Waals surface area (Å²) < 4.78 is 1.52. The van der Waals surface area contributed by atoms with Crippen LogP contribution in [0.5, 0.6) is 0 Å². The number of aromatic nitrogens is 2. The Labute approximate surface area is 113 Å². The van der Waals surface area contributed by atoms with Gasteiger partial charge < -0.3 is 5.73 Å². The standard InChI is InChI=1S/C15H21N3O/c1-9-7-11(3)13(8-10(9)2)14-12(5-6-16)15(19)18(4)17-14/h7-8,17H,5-6,16H2,1-4H3. The summed E-state index contributed by atoms with van der Waals surface area (Å²) in [6.45, 7) is 6.73. The summed E-state index contributed by atoms with van der Waals surface area (Å²) in [5.74, 6) is 0. The lowest BCUT2D eigenvalue weighted by Gasteiger charge is -2.10. The fourth-order valence-electron chi connectivity index (χ4n) is 2.42. The molecule has 0 atom stereocenters. The zero-order chi connectivity index (χ0) is 14.2. The predicted octanol–water partition coefficient (Wildman–Crippen LogP) is 1.81. The van der Waals surface area contributed by atoms with Crippen LogP contribution in [0.3, 0.4) is 0 Å². The number of aromatic amines is 1. The molecule has 0 spiro atoms. The van der Waals surface area contributed by atoms with Gasteiger partial charge in [-0.3, -0.25) is 14.6 Å². The number of hydrogen-bond acceptors (Lipinski definition) is 2. The van der Waals surface area contributed by atoms with Crippen molar-refractivity contribution in [2.45, 2.75) is 27.2 Å². The smallest absolute Gasteiger partial charge is 0.270 e. The lowest BCUT2D eigenvalue weighted by atomic mass is 9.96. The van der Waals surface area contributed by atoms with Gasteiger partial charge in [-0.25, -0.2) is 0 Å². The van der Waals surface area contributed by atoms with Crippen LogP contribution in [-0.4, -0.2) is 16.3 Å². The molecule has 0 unspecified atom stereocenters. The fourth-order valence-corrected chi connectivity index (χ4v) is 2.42. The molecule has 0 saturated heterocycles. The van der Waals surface area contributed by atoms with Gasteiger partial charge >= 0.3 is 0 Å². The highest BCUT2D eigenvalue weighted by Crippen LogP contribution is 2.26. The van der Waals surface area contributed by atoms with Crippen LogP contribution in [0.2, 0.25) is 0 Å². The second kappa shape index (κ2) is 5.05. The molecule has 0 saturated carbocycles. The minimum absolute atomic E-state index is 0.0121.